The minimum Gasteiger partial charge on any atom is -0.545 e. The molecule has 0 aromatic heterocycles. The Bertz CT molecular complexity index is 325. The van der Waals surface area contributed by atoms with Crippen LogP contribution in [0.3, 0.4) is 0 Å². The van der Waals surface area contributed by atoms with Crippen molar-refractivity contribution < 1.29 is 19.8 Å². The van der Waals surface area contributed by atoms with E-state index in [1.807, 2.05) is 20.8 Å². The number of hydrogen-bond acceptors (Lipinski definition) is 4. The molecule has 0 saturated carbocycles. The maximum Gasteiger partial charge on any atom is 0.0668 e. The van der Waals surface area contributed by atoms with Crippen LogP contribution in [0, 0.1) is 5.92 Å². The first-order valence-corrected chi connectivity index (χ1v) is 6.00. The van der Waals surface area contributed by atoms with Gasteiger partial charge in [-0.2, -0.15) is 0 Å². The van der Waals surface area contributed by atoms with Gasteiger partial charge >= 0.3 is 0 Å². The lowest BCUT2D eigenvalue weighted by Gasteiger charge is -2.02. The van der Waals surface area contributed by atoms with Crippen molar-refractivity contribution in [1.82, 2.24) is 0 Å². The van der Waals surface area contributed by atoms with Crippen molar-refractivity contribution in [3.8, 4) is 0 Å². The lowest BCUT2D eigenvalue weighted by molar-refractivity contribution is -0.300. The van der Waals surface area contributed by atoms with Crippen LogP contribution in [0.5, 0.6) is 0 Å². The third kappa shape index (κ3) is 12.5. The van der Waals surface area contributed by atoms with E-state index in [1.165, 1.54) is 6.92 Å². The average molecular weight is 254 g/mol. The number of hydrogen-bond donors (Lipinski definition) is 0. The van der Waals surface area contributed by atoms with Crippen molar-refractivity contribution in [3.05, 3.63) is 23.3 Å². The lowest BCUT2D eigenvalue weighted by Crippen LogP contribution is -2.23. The summed E-state index contributed by atoms with van der Waals surface area (Å²) in [5, 5.41) is 20.1. The second kappa shape index (κ2) is 10.6. The van der Waals surface area contributed by atoms with Gasteiger partial charge in [-0.05, 0) is 37.3 Å². The monoisotopic (exact) mass is 254 g/mol. The van der Waals surface area contributed by atoms with E-state index in [0.717, 1.165) is 12.8 Å². The fourth-order valence-corrected chi connectivity index (χ4v) is 1.01. The van der Waals surface area contributed by atoms with Gasteiger partial charge in [-0.25, -0.2) is 0 Å². The molecule has 0 aliphatic heterocycles. The van der Waals surface area contributed by atoms with Gasteiger partial charge < -0.3 is 19.8 Å². The highest BCUT2D eigenvalue weighted by molar-refractivity contribution is 5.84. The summed E-state index contributed by atoms with van der Waals surface area (Å²) in [6, 6.07) is 0. The number of unbranched alkanes of at least 4 members (excludes halogenated alkanes) is 1. The Labute approximate surface area is 109 Å². The van der Waals surface area contributed by atoms with Crippen LogP contribution in [-0.2, 0) is 9.59 Å². The predicted octanol–water partition coefficient (Wildman–Crippen LogP) is 0.821. The maximum absolute atomic E-state index is 10.1. The molecule has 0 aromatic carbocycles. The van der Waals surface area contributed by atoms with Gasteiger partial charge in [-0.1, -0.05) is 39.3 Å². The molecule has 0 amide bonds. The van der Waals surface area contributed by atoms with E-state index >= 15 is 0 Å². The van der Waals surface area contributed by atoms with E-state index in [2.05, 4.69) is 0 Å². The molecule has 0 aliphatic carbocycles. The Morgan fingerprint density at radius 1 is 1.06 bits per heavy atom. The van der Waals surface area contributed by atoms with Gasteiger partial charge in [0.2, 0.25) is 0 Å². The smallest absolute Gasteiger partial charge is 0.0668 e. The molecule has 0 rings (SSSR count). The summed E-state index contributed by atoms with van der Waals surface area (Å²) in [7, 11) is 0. The predicted molar refractivity (Wildman–Crippen MR) is 67.3 cm³/mol. The van der Waals surface area contributed by atoms with E-state index in [1.54, 1.807) is 19.1 Å². The summed E-state index contributed by atoms with van der Waals surface area (Å²) in [4.78, 5) is 20.1. The Morgan fingerprint density at radius 2 is 1.50 bits per heavy atom. The minimum atomic E-state index is -1.08. The second-order valence-electron chi connectivity index (χ2n) is 4.34. The number of allylic oxidation sites excluding steroid dienone is 2. The molecule has 0 heterocycles. The van der Waals surface area contributed by atoms with Gasteiger partial charge in [0.25, 0.3) is 0 Å². The zero-order valence-corrected chi connectivity index (χ0v) is 11.8. The quantitative estimate of drug-likeness (QED) is 0.680. The zero-order valence-electron chi connectivity index (χ0n) is 11.8. The Hall–Kier alpha value is -1.58. The normalized spacial score (nSPS) is 11.9. The Kier molecular flexibility index (Phi) is 11.0. The largest absolute Gasteiger partial charge is 0.545 e. The highest BCUT2D eigenvalue weighted by atomic mass is 16.4. The van der Waals surface area contributed by atoms with Crippen molar-refractivity contribution in [3.63, 3.8) is 0 Å². The van der Waals surface area contributed by atoms with E-state index in [9.17, 15) is 19.8 Å². The highest BCUT2D eigenvalue weighted by Gasteiger charge is 1.90. The van der Waals surface area contributed by atoms with Crippen LogP contribution < -0.4 is 10.2 Å². The SMILES string of the molecule is C/C(=C\C(C)C)C(=O)[O-].CCC/C=C(\C)C(=O)[O-]. The van der Waals surface area contributed by atoms with Crippen LogP contribution in [0.4, 0.5) is 0 Å². The minimum absolute atomic E-state index is 0.280. The van der Waals surface area contributed by atoms with Crippen LogP contribution in [0.1, 0.15) is 47.5 Å². The zero-order chi connectivity index (χ0) is 14.7. The molecule has 0 saturated heterocycles. The molecule has 0 radical (unpaired) electrons. The molecule has 0 unspecified atom stereocenters. The number of carboxylic acid groups (broad SMARTS) is 2. The molecule has 0 atom stereocenters. The van der Waals surface area contributed by atoms with Gasteiger partial charge in [-0.15, -0.1) is 0 Å². The van der Waals surface area contributed by atoms with Gasteiger partial charge in [-0.3, -0.25) is 0 Å². The number of carboxylic acids is 2. The van der Waals surface area contributed by atoms with Crippen molar-refractivity contribution in [2.24, 2.45) is 5.92 Å². The van der Waals surface area contributed by atoms with Crippen LogP contribution in [0.25, 0.3) is 0 Å². The maximum atomic E-state index is 10.1. The summed E-state index contributed by atoms with van der Waals surface area (Å²) in [5.41, 5.74) is 0.641. The fourth-order valence-electron chi connectivity index (χ4n) is 1.01. The summed E-state index contributed by atoms with van der Waals surface area (Å²) < 4.78 is 0. The van der Waals surface area contributed by atoms with Crippen molar-refractivity contribution in [2.45, 2.75) is 47.5 Å². The molecular weight excluding hydrogens is 232 g/mol. The summed E-state index contributed by atoms with van der Waals surface area (Å²) in [6.07, 6.45) is 5.13. The van der Waals surface area contributed by atoms with Crippen LogP contribution in [0.2, 0.25) is 0 Å². The third-order valence-electron chi connectivity index (χ3n) is 1.97. The van der Waals surface area contributed by atoms with Gasteiger partial charge in [0, 0.05) is 0 Å². The summed E-state index contributed by atoms with van der Waals surface area (Å²) in [5.74, 6) is -1.87. The standard InChI is InChI=1S/2C7H12O2/c1-5(2)4-6(3)7(8)9;1-3-4-5-6(2)7(8)9/h4-5H,1-3H3,(H,8,9);5H,3-4H2,1-2H3,(H,8,9)/p-2/b6-4+;6-5+. The molecule has 4 heteroatoms. The number of rotatable bonds is 5. The number of carbonyl (C=O) groups excluding carboxylic acids is 2. The molecular formula is C14H22O4-2. The number of carbonyl (C=O) groups is 2. The second-order valence-corrected chi connectivity index (χ2v) is 4.34. The molecule has 0 bridgehead atoms. The van der Waals surface area contributed by atoms with Gasteiger partial charge in [0.15, 0.2) is 0 Å². The van der Waals surface area contributed by atoms with Crippen LogP contribution in [-0.4, -0.2) is 11.9 Å². The molecule has 0 aromatic rings. The van der Waals surface area contributed by atoms with Crippen molar-refractivity contribution >= 4 is 11.9 Å². The van der Waals surface area contributed by atoms with E-state index < -0.39 is 11.9 Å². The Morgan fingerprint density at radius 3 is 1.72 bits per heavy atom. The third-order valence-corrected chi connectivity index (χ3v) is 1.97. The first kappa shape index (κ1) is 18.8. The topological polar surface area (TPSA) is 80.3 Å². The van der Waals surface area contributed by atoms with Crippen LogP contribution >= 0.6 is 0 Å². The van der Waals surface area contributed by atoms with Crippen LogP contribution in [0.15, 0.2) is 23.3 Å². The molecule has 18 heavy (non-hydrogen) atoms. The molecule has 0 aliphatic rings. The average Bonchev–Trinajstić information content (AvgIpc) is 2.25. The first-order chi connectivity index (χ1) is 8.22. The van der Waals surface area contributed by atoms with E-state index in [0.29, 0.717) is 11.1 Å². The number of aliphatic carboxylic acids is 2. The molecule has 104 valence electrons. The van der Waals surface area contributed by atoms with Crippen molar-refractivity contribution in [1.29, 1.82) is 0 Å². The van der Waals surface area contributed by atoms with E-state index in [-0.39, 0.29) is 5.92 Å². The van der Waals surface area contributed by atoms with Gasteiger partial charge in [0.1, 0.15) is 0 Å². The summed E-state index contributed by atoms with van der Waals surface area (Å²) >= 11 is 0. The molecule has 0 N–H and O–H groups in total. The molecule has 0 fully saturated rings. The molecule has 0 spiro atoms. The van der Waals surface area contributed by atoms with Crippen molar-refractivity contribution in [2.75, 3.05) is 0 Å². The fraction of sp³-hybridized carbons (Fsp3) is 0.571. The summed E-state index contributed by atoms with van der Waals surface area (Å²) in [6.45, 7) is 8.93. The Balaban J connectivity index is 0. The lowest BCUT2D eigenvalue weighted by atomic mass is 10.1. The van der Waals surface area contributed by atoms with E-state index in [4.69, 9.17) is 0 Å². The van der Waals surface area contributed by atoms with Gasteiger partial charge in [0.05, 0.1) is 11.9 Å². The first-order valence-electron chi connectivity index (χ1n) is 6.00. The molecule has 4 nitrogen and oxygen atoms in total. The highest BCUT2D eigenvalue weighted by Crippen LogP contribution is 1.99.